The van der Waals surface area contributed by atoms with E-state index in [1.165, 1.54) is 6.92 Å². The average Bonchev–Trinajstić information content (AvgIpc) is 2.64. The lowest BCUT2D eigenvalue weighted by Crippen LogP contribution is -2.50. The fourth-order valence-electron chi connectivity index (χ4n) is 6.18. The maximum atomic E-state index is 12.8. The van der Waals surface area contributed by atoms with Gasteiger partial charge in [0.25, 0.3) is 0 Å². The molecule has 0 aromatic heterocycles. The SMILES string of the molecule is CC(=O)O[C@H]1CC[C@]2(C)C3CC(=O)C/C(C(C)=O)=C\CC(C)C3CC[C@H]2C1. The van der Waals surface area contributed by atoms with E-state index < -0.39 is 0 Å². The second-order valence-electron chi connectivity index (χ2n) is 9.47. The first-order valence-corrected chi connectivity index (χ1v) is 10.6. The van der Waals surface area contributed by atoms with Crippen LogP contribution in [0.1, 0.15) is 79.1 Å². The van der Waals surface area contributed by atoms with E-state index in [1.807, 2.05) is 6.08 Å². The van der Waals surface area contributed by atoms with Gasteiger partial charge in [-0.1, -0.05) is 19.9 Å². The van der Waals surface area contributed by atoms with Gasteiger partial charge in [-0.3, -0.25) is 14.4 Å². The molecule has 0 heterocycles. The van der Waals surface area contributed by atoms with Crippen LogP contribution in [0.3, 0.4) is 0 Å². The molecule has 2 fully saturated rings. The first-order chi connectivity index (χ1) is 12.7. The van der Waals surface area contributed by atoms with Gasteiger partial charge in [-0.15, -0.1) is 0 Å². The predicted molar refractivity (Wildman–Crippen MR) is 104 cm³/mol. The number of rotatable bonds is 2. The maximum Gasteiger partial charge on any atom is 0.302 e. The Morgan fingerprint density at radius 1 is 1.19 bits per heavy atom. The molecule has 3 rings (SSSR count). The lowest BCUT2D eigenvalue weighted by molar-refractivity contribution is -0.155. The second-order valence-corrected chi connectivity index (χ2v) is 9.47. The van der Waals surface area contributed by atoms with Crippen LogP contribution in [-0.2, 0) is 19.1 Å². The van der Waals surface area contributed by atoms with Gasteiger partial charge in [-0.2, -0.15) is 0 Å². The molecule has 3 aliphatic carbocycles. The number of allylic oxidation sites excluding steroid dienone is 2. The zero-order valence-electron chi connectivity index (χ0n) is 17.3. The molecule has 0 bridgehead atoms. The predicted octanol–water partition coefficient (Wildman–Crippen LogP) is 4.66. The quantitative estimate of drug-likeness (QED) is 0.660. The van der Waals surface area contributed by atoms with E-state index in [4.69, 9.17) is 4.74 Å². The Kier molecular flexibility index (Phi) is 5.93. The van der Waals surface area contributed by atoms with Crippen LogP contribution in [0.4, 0.5) is 0 Å². The van der Waals surface area contributed by atoms with E-state index in [0.717, 1.165) is 38.5 Å². The van der Waals surface area contributed by atoms with Crippen molar-refractivity contribution in [3.05, 3.63) is 11.6 Å². The normalized spacial score (nSPS) is 41.7. The zero-order valence-corrected chi connectivity index (χ0v) is 17.3. The summed E-state index contributed by atoms with van der Waals surface area (Å²) in [6.45, 7) is 7.72. The minimum Gasteiger partial charge on any atom is -0.463 e. The molecule has 3 aliphatic rings. The van der Waals surface area contributed by atoms with E-state index in [1.54, 1.807) is 6.92 Å². The number of hydrogen-bond donors (Lipinski definition) is 0. The molecule has 6 atom stereocenters. The highest BCUT2D eigenvalue weighted by molar-refractivity contribution is 5.99. The molecule has 0 aromatic carbocycles. The molecule has 4 nitrogen and oxygen atoms in total. The summed E-state index contributed by atoms with van der Waals surface area (Å²) in [4.78, 5) is 36.1. The Hall–Kier alpha value is -1.45. The van der Waals surface area contributed by atoms with Crippen LogP contribution in [0, 0.1) is 29.1 Å². The van der Waals surface area contributed by atoms with Gasteiger partial charge in [0.15, 0.2) is 5.78 Å². The maximum absolute atomic E-state index is 12.8. The van der Waals surface area contributed by atoms with Crippen LogP contribution < -0.4 is 0 Å². The van der Waals surface area contributed by atoms with Gasteiger partial charge in [-0.25, -0.2) is 0 Å². The standard InChI is InChI=1S/C23H34O4/c1-14-5-6-17(15(2)24)11-19(26)13-22-21(14)8-7-18-12-20(27-16(3)25)9-10-23(18,22)4/h6,14,18,20-22H,5,7-13H2,1-4H3/b17-6+/t14?,18-,20-,21?,22?,23-/m0/s1. The highest BCUT2D eigenvalue weighted by Gasteiger charge is 2.52. The second kappa shape index (κ2) is 7.89. The van der Waals surface area contributed by atoms with E-state index in [0.29, 0.717) is 42.1 Å². The van der Waals surface area contributed by atoms with Crippen molar-refractivity contribution in [1.29, 1.82) is 0 Å². The molecule has 0 amide bonds. The molecule has 150 valence electrons. The third kappa shape index (κ3) is 4.20. The number of carbonyl (C=O) groups excluding carboxylic acids is 3. The van der Waals surface area contributed by atoms with Crippen LogP contribution in [0.15, 0.2) is 11.6 Å². The van der Waals surface area contributed by atoms with Crippen molar-refractivity contribution in [2.45, 2.75) is 85.2 Å². The number of ether oxygens (including phenoxy) is 1. The van der Waals surface area contributed by atoms with Gasteiger partial charge in [-0.05, 0) is 80.1 Å². The van der Waals surface area contributed by atoms with E-state index in [9.17, 15) is 14.4 Å². The van der Waals surface area contributed by atoms with Crippen molar-refractivity contribution in [2.24, 2.45) is 29.1 Å². The first kappa shape index (κ1) is 20.3. The summed E-state index contributed by atoms with van der Waals surface area (Å²) < 4.78 is 5.52. The summed E-state index contributed by atoms with van der Waals surface area (Å²) in [6.07, 6.45) is 8.96. The fourth-order valence-corrected chi connectivity index (χ4v) is 6.18. The van der Waals surface area contributed by atoms with Crippen molar-refractivity contribution in [3.8, 4) is 0 Å². The summed E-state index contributed by atoms with van der Waals surface area (Å²) in [5.74, 6) is 1.96. The molecule has 0 aromatic rings. The summed E-state index contributed by atoms with van der Waals surface area (Å²) in [5, 5.41) is 0. The zero-order chi connectivity index (χ0) is 19.8. The van der Waals surface area contributed by atoms with Gasteiger partial charge in [0.1, 0.15) is 11.9 Å². The molecule has 2 saturated carbocycles. The lowest BCUT2D eigenvalue weighted by Gasteiger charge is -2.56. The van der Waals surface area contributed by atoms with Gasteiger partial charge in [0, 0.05) is 19.8 Å². The Labute approximate surface area is 163 Å². The summed E-state index contributed by atoms with van der Waals surface area (Å²) in [6, 6.07) is 0. The third-order valence-corrected chi connectivity index (χ3v) is 7.78. The molecule has 0 radical (unpaired) electrons. The number of esters is 1. The number of carbonyl (C=O) groups is 3. The van der Waals surface area contributed by atoms with Crippen molar-refractivity contribution >= 4 is 17.5 Å². The minimum atomic E-state index is -0.189. The highest BCUT2D eigenvalue weighted by atomic mass is 16.5. The molecule has 27 heavy (non-hydrogen) atoms. The van der Waals surface area contributed by atoms with Crippen molar-refractivity contribution < 1.29 is 19.1 Å². The molecule has 0 saturated heterocycles. The van der Waals surface area contributed by atoms with Gasteiger partial charge < -0.3 is 4.74 Å². The van der Waals surface area contributed by atoms with Crippen LogP contribution in [0.25, 0.3) is 0 Å². The van der Waals surface area contributed by atoms with Gasteiger partial charge in [0.2, 0.25) is 0 Å². The van der Waals surface area contributed by atoms with Gasteiger partial charge in [0.05, 0.1) is 0 Å². The molecular weight excluding hydrogens is 340 g/mol. The Balaban J connectivity index is 1.83. The molecule has 0 spiro atoms. The van der Waals surface area contributed by atoms with Crippen molar-refractivity contribution in [3.63, 3.8) is 0 Å². The van der Waals surface area contributed by atoms with Crippen molar-refractivity contribution in [1.82, 2.24) is 0 Å². The Bertz CT molecular complexity index is 649. The molecule has 0 aliphatic heterocycles. The number of Topliss-reactive ketones (excluding diaryl/α,β-unsaturated/α-hetero) is 2. The van der Waals surface area contributed by atoms with E-state index in [2.05, 4.69) is 13.8 Å². The number of ketones is 2. The molecular formula is C23H34O4. The molecule has 0 N–H and O–H groups in total. The summed E-state index contributed by atoms with van der Waals surface area (Å²) in [7, 11) is 0. The van der Waals surface area contributed by atoms with Gasteiger partial charge >= 0.3 is 5.97 Å². The molecule has 4 heteroatoms. The topological polar surface area (TPSA) is 60.4 Å². The molecule has 3 unspecified atom stereocenters. The average molecular weight is 375 g/mol. The van der Waals surface area contributed by atoms with Crippen LogP contribution in [0.2, 0.25) is 0 Å². The smallest absolute Gasteiger partial charge is 0.302 e. The Morgan fingerprint density at radius 3 is 2.59 bits per heavy atom. The van der Waals surface area contributed by atoms with Crippen LogP contribution in [0.5, 0.6) is 0 Å². The van der Waals surface area contributed by atoms with E-state index in [-0.39, 0.29) is 29.1 Å². The number of hydrogen-bond acceptors (Lipinski definition) is 4. The van der Waals surface area contributed by atoms with Crippen molar-refractivity contribution in [2.75, 3.05) is 0 Å². The van der Waals surface area contributed by atoms with Crippen LogP contribution >= 0.6 is 0 Å². The Morgan fingerprint density at radius 2 is 1.93 bits per heavy atom. The highest BCUT2D eigenvalue weighted by Crippen LogP contribution is 2.58. The van der Waals surface area contributed by atoms with E-state index >= 15 is 0 Å². The first-order valence-electron chi connectivity index (χ1n) is 10.6. The third-order valence-electron chi connectivity index (χ3n) is 7.78. The summed E-state index contributed by atoms with van der Waals surface area (Å²) in [5.41, 5.74) is 0.829. The number of fused-ring (bicyclic) bond motifs is 3. The minimum absolute atomic E-state index is 0.0337. The fraction of sp³-hybridized carbons (Fsp3) is 0.783. The van der Waals surface area contributed by atoms with Crippen LogP contribution in [-0.4, -0.2) is 23.6 Å². The monoisotopic (exact) mass is 374 g/mol. The lowest BCUT2D eigenvalue weighted by atomic mass is 9.49. The largest absolute Gasteiger partial charge is 0.463 e. The summed E-state index contributed by atoms with van der Waals surface area (Å²) >= 11 is 0.